The van der Waals surface area contributed by atoms with Crippen molar-refractivity contribution in [2.75, 3.05) is 57.3 Å². The van der Waals surface area contributed by atoms with E-state index in [2.05, 4.69) is 15.1 Å². The number of nitrogens with one attached hydrogen (secondary N) is 1. The summed E-state index contributed by atoms with van der Waals surface area (Å²) in [7, 11) is 4.73. The van der Waals surface area contributed by atoms with Gasteiger partial charge in [0.2, 0.25) is 17.1 Å². The summed E-state index contributed by atoms with van der Waals surface area (Å²) >= 11 is 0. The molecule has 0 saturated carbocycles. The van der Waals surface area contributed by atoms with Crippen LogP contribution in [-0.2, 0) is 11.2 Å². The van der Waals surface area contributed by atoms with Gasteiger partial charge in [0.25, 0.3) is 0 Å². The molecule has 0 aromatic heterocycles. The second-order valence-electron chi connectivity index (χ2n) is 10.0. The molecule has 0 unspecified atom stereocenters. The van der Waals surface area contributed by atoms with Gasteiger partial charge in [-0.2, -0.15) is 0 Å². The first-order valence-corrected chi connectivity index (χ1v) is 13.4. The summed E-state index contributed by atoms with van der Waals surface area (Å²) < 4.78 is 30.5. The van der Waals surface area contributed by atoms with Crippen molar-refractivity contribution in [1.82, 2.24) is 5.32 Å². The Hall–Kier alpha value is -4.27. The Labute approximate surface area is 233 Å². The Morgan fingerprint density at radius 2 is 1.57 bits per heavy atom. The predicted molar refractivity (Wildman–Crippen MR) is 154 cm³/mol. The third-order valence-electron chi connectivity index (χ3n) is 7.71. The Morgan fingerprint density at radius 1 is 0.900 bits per heavy atom. The number of rotatable bonds is 6. The minimum Gasteiger partial charge on any atom is -0.493 e. The van der Waals surface area contributed by atoms with Crippen LogP contribution in [0.25, 0.3) is 11.1 Å². The zero-order valence-electron chi connectivity index (χ0n) is 23.3. The summed E-state index contributed by atoms with van der Waals surface area (Å²) in [6.45, 7) is 4.16. The number of fused-ring (bicyclic) bond motifs is 3. The lowest BCUT2D eigenvalue weighted by atomic mass is 9.95. The van der Waals surface area contributed by atoms with Crippen molar-refractivity contribution in [2.45, 2.75) is 25.8 Å². The number of ether oxygens (including phenoxy) is 3. The number of hydrogen-bond acceptors (Lipinski definition) is 7. The van der Waals surface area contributed by atoms with Crippen LogP contribution in [-0.4, -0.2) is 53.4 Å². The monoisotopic (exact) mass is 547 g/mol. The highest BCUT2D eigenvalue weighted by Gasteiger charge is 2.30. The van der Waals surface area contributed by atoms with Gasteiger partial charge >= 0.3 is 0 Å². The van der Waals surface area contributed by atoms with Crippen molar-refractivity contribution in [3.8, 4) is 28.4 Å². The van der Waals surface area contributed by atoms with Crippen molar-refractivity contribution in [3.63, 3.8) is 0 Å². The molecule has 9 heteroatoms. The zero-order chi connectivity index (χ0) is 28.4. The molecule has 3 aromatic rings. The number of nitrogens with zero attached hydrogens (tertiary/aromatic N) is 2. The van der Waals surface area contributed by atoms with Crippen molar-refractivity contribution in [1.29, 1.82) is 0 Å². The number of halogens is 1. The Morgan fingerprint density at radius 3 is 2.20 bits per heavy atom. The van der Waals surface area contributed by atoms with Crippen LogP contribution in [0.5, 0.6) is 17.2 Å². The zero-order valence-corrected chi connectivity index (χ0v) is 23.3. The molecular formula is C31H34FN3O5. The first-order valence-electron chi connectivity index (χ1n) is 13.4. The molecule has 40 heavy (non-hydrogen) atoms. The maximum absolute atomic E-state index is 13.7. The van der Waals surface area contributed by atoms with Gasteiger partial charge < -0.3 is 29.3 Å². The third-order valence-corrected chi connectivity index (χ3v) is 7.71. The molecule has 0 spiro atoms. The lowest BCUT2D eigenvalue weighted by Crippen LogP contribution is -2.47. The van der Waals surface area contributed by atoms with Crippen molar-refractivity contribution in [3.05, 3.63) is 75.7 Å². The van der Waals surface area contributed by atoms with Crippen molar-refractivity contribution in [2.24, 2.45) is 0 Å². The predicted octanol–water partition coefficient (Wildman–Crippen LogP) is 4.33. The van der Waals surface area contributed by atoms with E-state index in [4.69, 9.17) is 14.2 Å². The second-order valence-corrected chi connectivity index (χ2v) is 10.0. The van der Waals surface area contributed by atoms with E-state index in [0.717, 1.165) is 27.9 Å². The van der Waals surface area contributed by atoms with Crippen LogP contribution in [0.4, 0.5) is 15.8 Å². The van der Waals surface area contributed by atoms with E-state index in [1.165, 1.54) is 19.1 Å². The molecule has 1 fully saturated rings. The molecule has 1 heterocycles. The van der Waals surface area contributed by atoms with Crippen LogP contribution in [0.1, 0.15) is 30.5 Å². The van der Waals surface area contributed by atoms with Crippen LogP contribution in [0, 0.1) is 5.82 Å². The van der Waals surface area contributed by atoms with E-state index >= 15 is 0 Å². The highest BCUT2D eigenvalue weighted by Crippen LogP contribution is 2.50. The molecule has 1 saturated heterocycles. The van der Waals surface area contributed by atoms with E-state index in [0.29, 0.717) is 62.0 Å². The third kappa shape index (κ3) is 5.15. The first kappa shape index (κ1) is 27.3. The Bertz CT molecular complexity index is 1470. The van der Waals surface area contributed by atoms with Gasteiger partial charge in [0.05, 0.1) is 33.1 Å². The van der Waals surface area contributed by atoms with E-state index in [-0.39, 0.29) is 23.2 Å². The quantitative estimate of drug-likeness (QED) is 0.492. The van der Waals surface area contributed by atoms with Crippen LogP contribution >= 0.6 is 0 Å². The molecular weight excluding hydrogens is 513 g/mol. The van der Waals surface area contributed by atoms with Crippen molar-refractivity contribution < 1.29 is 23.4 Å². The van der Waals surface area contributed by atoms with Gasteiger partial charge in [-0.1, -0.05) is 6.07 Å². The summed E-state index contributed by atoms with van der Waals surface area (Å²) in [5.74, 6) is 1.12. The normalized spacial score (nSPS) is 16.4. The average Bonchev–Trinajstić information content (AvgIpc) is 3.21. The van der Waals surface area contributed by atoms with Crippen LogP contribution in [0.15, 0.2) is 53.3 Å². The number of hydrogen-bond donors (Lipinski definition) is 1. The number of methoxy groups -OCH3 is 3. The highest BCUT2D eigenvalue weighted by molar-refractivity contribution is 5.83. The standard InChI is InChI=1S/C31H34FN3O5/c1-19(36)33-25-11-5-20-17-28(38-2)30(39-3)31(40-4)29(20)23-10-12-26(27(37)18-24(23)25)35-15-13-34(14-16-35)22-8-6-21(32)7-9-22/h6-10,12,17-18,25H,5,11,13-16H2,1-4H3,(H,33,36)/t25-/m0/s1. The van der Waals surface area contributed by atoms with Gasteiger partial charge in [-0.25, -0.2) is 4.39 Å². The fourth-order valence-corrected chi connectivity index (χ4v) is 5.82. The highest BCUT2D eigenvalue weighted by atomic mass is 19.1. The Kier molecular flexibility index (Phi) is 7.82. The molecule has 0 bridgehead atoms. The number of aryl methyl sites for hydroxylation is 1. The molecule has 1 atom stereocenters. The van der Waals surface area contributed by atoms with Gasteiger partial charge in [-0.15, -0.1) is 0 Å². The molecule has 5 rings (SSSR count). The molecule has 2 aliphatic rings. The minimum absolute atomic E-state index is 0.116. The Balaban J connectivity index is 1.58. The van der Waals surface area contributed by atoms with Crippen molar-refractivity contribution >= 4 is 17.3 Å². The van der Waals surface area contributed by atoms with E-state index in [9.17, 15) is 14.0 Å². The molecule has 1 amide bonds. The first-order chi connectivity index (χ1) is 19.3. The molecule has 3 aromatic carbocycles. The lowest BCUT2D eigenvalue weighted by Gasteiger charge is -2.36. The molecule has 0 radical (unpaired) electrons. The smallest absolute Gasteiger partial charge is 0.217 e. The summed E-state index contributed by atoms with van der Waals surface area (Å²) in [6, 6.07) is 13.5. The molecule has 1 aliphatic heterocycles. The van der Waals surface area contributed by atoms with Gasteiger partial charge in [0.1, 0.15) is 5.82 Å². The van der Waals surface area contributed by atoms with Gasteiger partial charge in [-0.05, 0) is 72.0 Å². The SMILES string of the molecule is COc1cc2c(c(OC)c1OC)-c1ccc(N3CCN(c4ccc(F)cc4)CC3)c(=O)cc1[C@@H](NC(C)=O)CC2. The van der Waals surface area contributed by atoms with Gasteiger partial charge in [0, 0.05) is 44.4 Å². The maximum atomic E-state index is 13.7. The molecule has 1 N–H and O–H groups in total. The molecule has 8 nitrogen and oxygen atoms in total. The second kappa shape index (κ2) is 11.5. The van der Waals surface area contributed by atoms with Crippen LogP contribution < -0.4 is 34.8 Å². The summed E-state index contributed by atoms with van der Waals surface area (Å²) in [6.07, 6.45) is 1.25. The molecule has 210 valence electrons. The number of benzene rings is 2. The number of carbonyl (C=O) groups excluding carboxylic acids is 1. The van der Waals surface area contributed by atoms with Gasteiger partial charge in [0.15, 0.2) is 11.5 Å². The van der Waals surface area contributed by atoms with E-state index < -0.39 is 0 Å². The largest absolute Gasteiger partial charge is 0.493 e. The fourth-order valence-electron chi connectivity index (χ4n) is 5.82. The van der Waals surface area contributed by atoms with Crippen LogP contribution in [0.2, 0.25) is 0 Å². The van der Waals surface area contributed by atoms with E-state index in [1.54, 1.807) is 39.5 Å². The summed E-state index contributed by atoms with van der Waals surface area (Å²) in [5, 5.41) is 3.05. The maximum Gasteiger partial charge on any atom is 0.217 e. The van der Waals surface area contributed by atoms with Gasteiger partial charge in [-0.3, -0.25) is 9.59 Å². The lowest BCUT2D eigenvalue weighted by molar-refractivity contribution is -0.119. The average molecular weight is 548 g/mol. The summed E-state index contributed by atoms with van der Waals surface area (Å²) in [4.78, 5) is 30.2. The number of carbonyl (C=O) groups is 1. The number of piperazine rings is 1. The van der Waals surface area contributed by atoms with Crippen LogP contribution in [0.3, 0.4) is 0 Å². The molecule has 1 aliphatic carbocycles. The topological polar surface area (TPSA) is 80.3 Å². The fraction of sp³-hybridized carbons (Fsp3) is 0.355. The number of anilines is 2. The van der Waals surface area contributed by atoms with E-state index in [1.807, 2.05) is 18.2 Å². The summed E-state index contributed by atoms with van der Waals surface area (Å²) in [5.41, 5.74) is 4.78. The number of amides is 1. The minimum atomic E-state index is -0.357.